The first-order valence-corrected chi connectivity index (χ1v) is 17.8. The number of furan rings is 1. The summed E-state index contributed by atoms with van der Waals surface area (Å²) in [5, 5.41) is 6.80. The Labute approximate surface area is 303 Å². The maximum atomic E-state index is 14.0. The Morgan fingerprint density at radius 2 is 0.868 bits per heavy atom. The number of aromatic nitrogens is 2. The molecule has 11 rings (SSSR count). The molecular weight excluding hydrogens is 654 g/mol. The molecule has 4 nitrogen and oxygen atoms in total. The van der Waals surface area contributed by atoms with Crippen molar-refractivity contribution in [1.82, 2.24) is 9.13 Å². The van der Waals surface area contributed by atoms with Crippen LogP contribution in [0.2, 0.25) is 0 Å². The first-order valence-electron chi connectivity index (χ1n) is 17.8. The summed E-state index contributed by atoms with van der Waals surface area (Å²) in [6.45, 7) is 0. The van der Waals surface area contributed by atoms with E-state index in [2.05, 4.69) is 160 Å². The van der Waals surface area contributed by atoms with Gasteiger partial charge in [-0.05, 0) is 103 Å². The van der Waals surface area contributed by atoms with Crippen molar-refractivity contribution in [3.63, 3.8) is 0 Å². The summed E-state index contributed by atoms with van der Waals surface area (Å²) in [4.78, 5) is 2.34. The largest absolute Gasteiger partial charge is 0.456 e. The fraction of sp³-hybridized carbons (Fsp3) is 0. The normalized spacial score (nSPS) is 11.9. The minimum atomic E-state index is -0.252. The quantitative estimate of drug-likeness (QED) is 0.180. The highest BCUT2D eigenvalue weighted by Gasteiger charge is 2.21. The van der Waals surface area contributed by atoms with Gasteiger partial charge in [-0.3, -0.25) is 0 Å². The summed E-state index contributed by atoms with van der Waals surface area (Å²) >= 11 is 0. The Balaban J connectivity index is 1.19. The van der Waals surface area contributed by atoms with Crippen LogP contribution in [0.1, 0.15) is 0 Å². The molecule has 0 saturated heterocycles. The van der Waals surface area contributed by atoms with E-state index in [1.807, 2.05) is 24.3 Å². The van der Waals surface area contributed by atoms with E-state index in [9.17, 15) is 4.39 Å². The summed E-state index contributed by atoms with van der Waals surface area (Å²) in [5.74, 6) is -0.252. The molecule has 0 aliphatic rings. The molecule has 0 N–H and O–H groups in total. The molecule has 0 bridgehead atoms. The van der Waals surface area contributed by atoms with Gasteiger partial charge in [0.05, 0.1) is 22.1 Å². The maximum absolute atomic E-state index is 14.0. The van der Waals surface area contributed by atoms with Crippen molar-refractivity contribution in [3.8, 4) is 11.4 Å². The summed E-state index contributed by atoms with van der Waals surface area (Å²) in [5.41, 5.74) is 11.2. The second kappa shape index (κ2) is 11.5. The molecule has 0 radical (unpaired) electrons. The fourth-order valence-corrected chi connectivity index (χ4v) is 8.22. The monoisotopic (exact) mass is 683 g/mol. The number of rotatable bonds is 5. The third kappa shape index (κ3) is 4.54. The Hall–Kier alpha value is -7.11. The number of hydrogen-bond donors (Lipinski definition) is 0. The molecule has 0 saturated carbocycles. The van der Waals surface area contributed by atoms with E-state index in [0.717, 1.165) is 77.7 Å². The molecule has 8 aromatic carbocycles. The zero-order valence-electron chi connectivity index (χ0n) is 28.4. The van der Waals surface area contributed by atoms with Crippen molar-refractivity contribution < 1.29 is 8.81 Å². The van der Waals surface area contributed by atoms with Crippen LogP contribution in [-0.4, -0.2) is 9.13 Å². The molecule has 53 heavy (non-hydrogen) atoms. The molecule has 0 spiro atoms. The highest BCUT2D eigenvalue weighted by molar-refractivity contribution is 6.13. The third-order valence-electron chi connectivity index (χ3n) is 10.5. The van der Waals surface area contributed by atoms with E-state index in [1.54, 1.807) is 0 Å². The van der Waals surface area contributed by atoms with Gasteiger partial charge in [0.25, 0.3) is 0 Å². The van der Waals surface area contributed by atoms with Crippen LogP contribution in [0, 0.1) is 5.82 Å². The van der Waals surface area contributed by atoms with E-state index < -0.39 is 0 Å². The molecule has 3 aromatic heterocycles. The van der Waals surface area contributed by atoms with Gasteiger partial charge >= 0.3 is 0 Å². The van der Waals surface area contributed by atoms with Crippen molar-refractivity contribution in [2.75, 3.05) is 4.90 Å². The molecule has 0 aliphatic carbocycles. The van der Waals surface area contributed by atoms with Gasteiger partial charge in [-0.1, -0.05) is 78.9 Å². The van der Waals surface area contributed by atoms with Crippen LogP contribution in [0.5, 0.6) is 0 Å². The number of fused-ring (bicyclic) bond motifs is 9. The number of halogens is 1. The first kappa shape index (κ1) is 29.6. The van der Waals surface area contributed by atoms with Crippen LogP contribution in [0.3, 0.4) is 0 Å². The predicted molar refractivity (Wildman–Crippen MR) is 217 cm³/mol. The van der Waals surface area contributed by atoms with Gasteiger partial charge in [-0.2, -0.15) is 0 Å². The Morgan fingerprint density at radius 3 is 1.64 bits per heavy atom. The number of benzene rings is 8. The second-order valence-electron chi connectivity index (χ2n) is 13.5. The number of anilines is 3. The highest BCUT2D eigenvalue weighted by atomic mass is 19.1. The summed E-state index contributed by atoms with van der Waals surface area (Å²) in [7, 11) is 0. The van der Waals surface area contributed by atoms with Crippen LogP contribution >= 0.6 is 0 Å². The lowest BCUT2D eigenvalue weighted by molar-refractivity contribution is 0.627. The average Bonchev–Trinajstić information content (AvgIpc) is 3.86. The molecular formula is C48H30FN3O. The van der Waals surface area contributed by atoms with E-state index in [-0.39, 0.29) is 5.82 Å². The smallest absolute Gasteiger partial charge is 0.135 e. The molecule has 0 fully saturated rings. The summed E-state index contributed by atoms with van der Waals surface area (Å²) in [6.07, 6.45) is 0. The van der Waals surface area contributed by atoms with Crippen LogP contribution in [0.25, 0.3) is 76.9 Å². The molecule has 0 atom stereocenters. The second-order valence-corrected chi connectivity index (χ2v) is 13.5. The topological polar surface area (TPSA) is 26.2 Å². The van der Waals surface area contributed by atoms with Crippen LogP contribution < -0.4 is 4.90 Å². The minimum Gasteiger partial charge on any atom is -0.456 e. The van der Waals surface area contributed by atoms with Crippen LogP contribution in [-0.2, 0) is 0 Å². The van der Waals surface area contributed by atoms with E-state index in [1.165, 1.54) is 28.4 Å². The molecule has 3 heterocycles. The van der Waals surface area contributed by atoms with Crippen molar-refractivity contribution in [2.24, 2.45) is 0 Å². The van der Waals surface area contributed by atoms with Crippen molar-refractivity contribution >= 4 is 82.6 Å². The standard InChI is InChI=1S/C48H30FN3O/c49-31-18-20-33(21-19-31)51-44-16-8-5-13-38(44)41-28-34(23-26-45(41)51)50(35-24-27-48-42(29-35)40-14-6-9-17-47(40)53-48)36-22-25-39-37-12-4-7-15-43(37)52(46(39)30-36)32-10-2-1-3-11-32/h1-30H. The first-order chi connectivity index (χ1) is 26.2. The number of hydrogen-bond acceptors (Lipinski definition) is 2. The SMILES string of the molecule is Fc1ccc(-n2c3ccccc3c3cc(N(c4ccc5oc6ccccc6c5c4)c4ccc5c6ccccc6n(-c6ccccc6)c5c4)ccc32)cc1. The van der Waals surface area contributed by atoms with Gasteiger partial charge in [-0.25, -0.2) is 4.39 Å². The predicted octanol–water partition coefficient (Wildman–Crippen LogP) is 13.4. The Morgan fingerprint density at radius 1 is 0.358 bits per heavy atom. The maximum Gasteiger partial charge on any atom is 0.135 e. The Bertz CT molecular complexity index is 3190. The zero-order valence-corrected chi connectivity index (χ0v) is 28.4. The van der Waals surface area contributed by atoms with Gasteiger partial charge in [0, 0.05) is 60.8 Å². The van der Waals surface area contributed by atoms with Crippen LogP contribution in [0.15, 0.2) is 186 Å². The molecule has 0 amide bonds. The van der Waals surface area contributed by atoms with Crippen LogP contribution in [0.4, 0.5) is 21.5 Å². The lowest BCUT2D eigenvalue weighted by Crippen LogP contribution is -2.10. The van der Waals surface area contributed by atoms with Crippen molar-refractivity contribution in [1.29, 1.82) is 0 Å². The molecule has 0 unspecified atom stereocenters. The van der Waals surface area contributed by atoms with E-state index in [0.29, 0.717) is 0 Å². The number of nitrogens with zero attached hydrogens (tertiary/aromatic N) is 3. The summed E-state index contributed by atoms with van der Waals surface area (Å²) in [6, 6.07) is 62.5. The molecule has 11 aromatic rings. The molecule has 0 aliphatic heterocycles. The van der Waals surface area contributed by atoms with Crippen molar-refractivity contribution in [3.05, 3.63) is 188 Å². The molecule has 5 heteroatoms. The summed E-state index contributed by atoms with van der Waals surface area (Å²) < 4.78 is 24.9. The highest BCUT2D eigenvalue weighted by Crippen LogP contribution is 2.43. The molecule has 250 valence electrons. The average molecular weight is 684 g/mol. The van der Waals surface area contributed by atoms with Crippen molar-refractivity contribution in [2.45, 2.75) is 0 Å². The van der Waals surface area contributed by atoms with Gasteiger partial charge in [0.2, 0.25) is 0 Å². The van der Waals surface area contributed by atoms with Gasteiger partial charge in [-0.15, -0.1) is 0 Å². The van der Waals surface area contributed by atoms with E-state index in [4.69, 9.17) is 4.42 Å². The third-order valence-corrected chi connectivity index (χ3v) is 10.5. The van der Waals surface area contributed by atoms with Gasteiger partial charge < -0.3 is 18.5 Å². The minimum absolute atomic E-state index is 0.252. The lowest BCUT2D eigenvalue weighted by atomic mass is 10.1. The zero-order chi connectivity index (χ0) is 35.0. The van der Waals surface area contributed by atoms with Gasteiger partial charge in [0.15, 0.2) is 0 Å². The van der Waals surface area contributed by atoms with Gasteiger partial charge in [0.1, 0.15) is 17.0 Å². The fourth-order valence-electron chi connectivity index (χ4n) is 8.22. The number of para-hydroxylation sites is 4. The lowest BCUT2D eigenvalue weighted by Gasteiger charge is -2.26. The Kier molecular flexibility index (Phi) is 6.40. The van der Waals surface area contributed by atoms with E-state index >= 15 is 0 Å².